The highest BCUT2D eigenvalue weighted by atomic mass is 16.3. The van der Waals surface area contributed by atoms with Gasteiger partial charge >= 0.3 is 0 Å². The number of benzene rings is 1. The lowest BCUT2D eigenvalue weighted by Crippen LogP contribution is -2.35. The van der Waals surface area contributed by atoms with Crippen LogP contribution in [-0.4, -0.2) is 37.8 Å². The number of aliphatic hydroxyl groups is 1. The first-order valence-corrected chi connectivity index (χ1v) is 6.69. The topological polar surface area (TPSA) is 52.6 Å². The van der Waals surface area contributed by atoms with Gasteiger partial charge in [-0.2, -0.15) is 0 Å². The Hall–Kier alpha value is -1.55. The summed E-state index contributed by atoms with van der Waals surface area (Å²) in [5.74, 6) is 0.0454. The lowest BCUT2D eigenvalue weighted by molar-refractivity contribution is 0.0850. The average molecular weight is 264 g/mol. The molecule has 0 saturated heterocycles. The molecule has 106 valence electrons. The normalized spacial score (nSPS) is 13.7. The smallest absolute Gasteiger partial charge is 0.251 e. The van der Waals surface area contributed by atoms with Crippen molar-refractivity contribution in [3.8, 4) is 0 Å². The number of anilines is 1. The van der Waals surface area contributed by atoms with Crippen LogP contribution >= 0.6 is 0 Å². The Morgan fingerprint density at radius 2 is 1.89 bits per heavy atom. The Balaban J connectivity index is 2.54. The molecule has 0 radical (unpaired) electrons. The van der Waals surface area contributed by atoms with Gasteiger partial charge in [-0.3, -0.25) is 4.79 Å². The molecule has 1 amide bonds. The van der Waals surface area contributed by atoms with Crippen molar-refractivity contribution in [1.82, 2.24) is 5.32 Å². The molecule has 2 atom stereocenters. The second-order valence-corrected chi connectivity index (χ2v) is 5.10. The van der Waals surface area contributed by atoms with E-state index in [0.29, 0.717) is 12.1 Å². The second kappa shape index (κ2) is 7.14. The van der Waals surface area contributed by atoms with Crippen molar-refractivity contribution >= 4 is 11.6 Å². The molecule has 0 fully saturated rings. The lowest BCUT2D eigenvalue weighted by Gasteiger charge is -2.17. The van der Waals surface area contributed by atoms with E-state index in [1.807, 2.05) is 45.0 Å². The van der Waals surface area contributed by atoms with Crippen molar-refractivity contribution in [1.29, 1.82) is 0 Å². The van der Waals surface area contributed by atoms with Gasteiger partial charge in [0.1, 0.15) is 0 Å². The molecule has 0 aliphatic rings. The number of aliphatic hydroxyl groups excluding tert-OH is 1. The molecular formula is C15H24N2O2. The van der Waals surface area contributed by atoms with Gasteiger partial charge < -0.3 is 15.3 Å². The van der Waals surface area contributed by atoms with Crippen molar-refractivity contribution < 1.29 is 9.90 Å². The molecule has 0 aliphatic heterocycles. The molecule has 0 heterocycles. The Labute approximate surface area is 115 Å². The standard InChI is InChI=1S/C15H24N2O2/c1-5-11(2)14(18)10-16-15(19)12-6-8-13(9-7-12)17(3)4/h6-9,11,14,18H,5,10H2,1-4H3,(H,16,19). The number of hydrogen-bond acceptors (Lipinski definition) is 3. The van der Waals surface area contributed by atoms with E-state index in [1.54, 1.807) is 12.1 Å². The Bertz CT molecular complexity index is 401. The van der Waals surface area contributed by atoms with Crippen LogP contribution in [0.2, 0.25) is 0 Å². The zero-order valence-electron chi connectivity index (χ0n) is 12.2. The molecule has 0 bridgehead atoms. The molecule has 1 aromatic carbocycles. The van der Waals surface area contributed by atoms with Crippen molar-refractivity contribution in [3.05, 3.63) is 29.8 Å². The molecule has 2 N–H and O–H groups in total. The molecule has 0 spiro atoms. The number of nitrogens with zero attached hydrogens (tertiary/aromatic N) is 1. The fraction of sp³-hybridized carbons (Fsp3) is 0.533. The highest BCUT2D eigenvalue weighted by molar-refractivity contribution is 5.94. The van der Waals surface area contributed by atoms with Crippen LogP contribution in [0, 0.1) is 5.92 Å². The summed E-state index contributed by atoms with van der Waals surface area (Å²) in [6, 6.07) is 7.39. The first-order chi connectivity index (χ1) is 8.95. The average Bonchev–Trinajstić information content (AvgIpc) is 2.43. The second-order valence-electron chi connectivity index (χ2n) is 5.10. The zero-order chi connectivity index (χ0) is 14.4. The van der Waals surface area contributed by atoms with E-state index in [0.717, 1.165) is 12.1 Å². The van der Waals surface area contributed by atoms with Crippen LogP contribution < -0.4 is 10.2 Å². The lowest BCUT2D eigenvalue weighted by atomic mass is 10.0. The number of rotatable bonds is 6. The molecule has 1 rings (SSSR count). The quantitative estimate of drug-likeness (QED) is 0.825. The monoisotopic (exact) mass is 264 g/mol. The molecule has 0 aromatic heterocycles. The van der Waals surface area contributed by atoms with Gasteiger partial charge in [-0.15, -0.1) is 0 Å². The summed E-state index contributed by atoms with van der Waals surface area (Å²) >= 11 is 0. The van der Waals surface area contributed by atoms with Gasteiger partial charge in [0.2, 0.25) is 0 Å². The predicted octanol–water partition coefficient (Wildman–Crippen LogP) is 1.89. The summed E-state index contributed by atoms with van der Waals surface area (Å²) < 4.78 is 0. The fourth-order valence-electron chi connectivity index (χ4n) is 1.68. The predicted molar refractivity (Wildman–Crippen MR) is 78.6 cm³/mol. The summed E-state index contributed by atoms with van der Waals surface area (Å²) in [5, 5.41) is 12.6. The number of hydrogen-bond donors (Lipinski definition) is 2. The van der Waals surface area contributed by atoms with Crippen LogP contribution in [0.25, 0.3) is 0 Å². The van der Waals surface area contributed by atoms with Crippen LogP contribution in [0.3, 0.4) is 0 Å². The summed E-state index contributed by atoms with van der Waals surface area (Å²) in [6.45, 7) is 4.29. The molecule has 4 nitrogen and oxygen atoms in total. The Kier molecular flexibility index (Phi) is 5.83. The first-order valence-electron chi connectivity index (χ1n) is 6.69. The number of nitrogens with one attached hydrogen (secondary N) is 1. The summed E-state index contributed by atoms with van der Waals surface area (Å²) in [5.41, 5.74) is 1.66. The minimum absolute atomic E-state index is 0.146. The van der Waals surface area contributed by atoms with Gasteiger partial charge in [-0.05, 0) is 30.2 Å². The molecule has 0 saturated carbocycles. The van der Waals surface area contributed by atoms with Gasteiger partial charge in [-0.1, -0.05) is 20.3 Å². The number of amides is 1. The van der Waals surface area contributed by atoms with Crippen LogP contribution in [0.1, 0.15) is 30.6 Å². The van der Waals surface area contributed by atoms with Gasteiger partial charge in [0.15, 0.2) is 0 Å². The van der Waals surface area contributed by atoms with E-state index in [4.69, 9.17) is 0 Å². The minimum atomic E-state index is -0.491. The van der Waals surface area contributed by atoms with E-state index < -0.39 is 6.10 Å². The number of carbonyl (C=O) groups excluding carboxylic acids is 1. The zero-order valence-corrected chi connectivity index (χ0v) is 12.2. The Morgan fingerprint density at radius 1 is 1.32 bits per heavy atom. The van der Waals surface area contributed by atoms with Crippen LogP contribution in [0.15, 0.2) is 24.3 Å². The minimum Gasteiger partial charge on any atom is -0.391 e. The van der Waals surface area contributed by atoms with E-state index in [1.165, 1.54) is 0 Å². The van der Waals surface area contributed by atoms with Gasteiger partial charge in [0, 0.05) is 31.9 Å². The van der Waals surface area contributed by atoms with E-state index in [-0.39, 0.29) is 11.8 Å². The highest BCUT2D eigenvalue weighted by Crippen LogP contribution is 2.12. The van der Waals surface area contributed by atoms with Crippen LogP contribution in [0.4, 0.5) is 5.69 Å². The van der Waals surface area contributed by atoms with Crippen LogP contribution in [-0.2, 0) is 0 Å². The molecule has 0 aliphatic carbocycles. The summed E-state index contributed by atoms with van der Waals surface area (Å²) in [7, 11) is 3.91. The van der Waals surface area contributed by atoms with Crippen LogP contribution in [0.5, 0.6) is 0 Å². The van der Waals surface area contributed by atoms with Crippen molar-refractivity contribution in [2.24, 2.45) is 5.92 Å². The number of carbonyl (C=O) groups is 1. The third kappa shape index (κ3) is 4.56. The maximum absolute atomic E-state index is 11.9. The third-order valence-corrected chi connectivity index (χ3v) is 3.42. The highest BCUT2D eigenvalue weighted by Gasteiger charge is 2.14. The van der Waals surface area contributed by atoms with E-state index in [9.17, 15) is 9.90 Å². The summed E-state index contributed by atoms with van der Waals surface area (Å²) in [4.78, 5) is 13.9. The third-order valence-electron chi connectivity index (χ3n) is 3.42. The first kappa shape index (κ1) is 15.5. The Morgan fingerprint density at radius 3 is 2.37 bits per heavy atom. The van der Waals surface area contributed by atoms with Crippen molar-refractivity contribution in [2.45, 2.75) is 26.4 Å². The van der Waals surface area contributed by atoms with Gasteiger partial charge in [0.05, 0.1) is 6.10 Å². The van der Waals surface area contributed by atoms with Crippen molar-refractivity contribution in [2.75, 3.05) is 25.5 Å². The molecular weight excluding hydrogens is 240 g/mol. The molecule has 4 heteroatoms. The summed E-state index contributed by atoms with van der Waals surface area (Å²) in [6.07, 6.45) is 0.407. The maximum atomic E-state index is 11.9. The van der Waals surface area contributed by atoms with E-state index >= 15 is 0 Å². The van der Waals surface area contributed by atoms with Crippen molar-refractivity contribution in [3.63, 3.8) is 0 Å². The molecule has 19 heavy (non-hydrogen) atoms. The van der Waals surface area contributed by atoms with E-state index in [2.05, 4.69) is 5.32 Å². The largest absolute Gasteiger partial charge is 0.391 e. The van der Waals surface area contributed by atoms with Gasteiger partial charge in [0.25, 0.3) is 5.91 Å². The van der Waals surface area contributed by atoms with Gasteiger partial charge in [-0.25, -0.2) is 0 Å². The molecule has 1 aromatic rings. The molecule has 2 unspecified atom stereocenters. The SMILES string of the molecule is CCC(C)C(O)CNC(=O)c1ccc(N(C)C)cc1. The fourth-order valence-corrected chi connectivity index (χ4v) is 1.68. The maximum Gasteiger partial charge on any atom is 0.251 e.